The van der Waals surface area contributed by atoms with E-state index in [1.54, 1.807) is 12.1 Å². The van der Waals surface area contributed by atoms with Gasteiger partial charge < -0.3 is 15.5 Å². The number of para-hydroxylation sites is 1. The molecule has 0 unspecified atom stereocenters. The number of nitrogens with one attached hydrogen (secondary N) is 2. The summed E-state index contributed by atoms with van der Waals surface area (Å²) in [6.07, 6.45) is 4.03. The van der Waals surface area contributed by atoms with Crippen LogP contribution in [-0.4, -0.2) is 47.0 Å². The topological polar surface area (TPSA) is 87.2 Å². The zero-order chi connectivity index (χ0) is 18.1. The lowest BCUT2D eigenvalue weighted by molar-refractivity contribution is -0.131. The number of carbonyl (C=O) groups is 2. The van der Waals surface area contributed by atoms with Crippen molar-refractivity contribution in [2.45, 2.75) is 37.8 Å². The van der Waals surface area contributed by atoms with E-state index in [0.29, 0.717) is 42.7 Å². The lowest BCUT2D eigenvalue weighted by Gasteiger charge is -2.24. The van der Waals surface area contributed by atoms with Crippen LogP contribution in [0.25, 0.3) is 10.9 Å². The number of piperidine rings is 1. The Labute approximate surface area is 150 Å². The number of anilines is 1. The monoisotopic (exact) mass is 357 g/mol. The van der Waals surface area contributed by atoms with Crippen LogP contribution in [0, 0.1) is 5.82 Å². The van der Waals surface area contributed by atoms with Gasteiger partial charge in [-0.05, 0) is 31.4 Å². The Morgan fingerprint density at radius 2 is 2.19 bits per heavy atom. The van der Waals surface area contributed by atoms with Gasteiger partial charge in [0.1, 0.15) is 29.5 Å². The van der Waals surface area contributed by atoms with Gasteiger partial charge in [0.2, 0.25) is 11.8 Å². The minimum atomic E-state index is -0.445. The van der Waals surface area contributed by atoms with Gasteiger partial charge in [-0.2, -0.15) is 0 Å². The SMILES string of the molecule is O=C1CCC[C@H](C(=O)N[C@@H]2CCN(c3ncnc4c(F)cccc34)C2)N1. The zero-order valence-corrected chi connectivity index (χ0v) is 14.2. The van der Waals surface area contributed by atoms with E-state index in [0.717, 1.165) is 12.8 Å². The van der Waals surface area contributed by atoms with Crippen LogP contribution in [0.5, 0.6) is 0 Å². The number of halogens is 1. The molecule has 0 saturated carbocycles. The highest BCUT2D eigenvalue weighted by Gasteiger charge is 2.30. The molecule has 2 aliphatic heterocycles. The molecule has 0 aliphatic carbocycles. The second-order valence-electron chi connectivity index (χ2n) is 6.79. The number of hydrogen-bond donors (Lipinski definition) is 2. The molecule has 3 heterocycles. The Kier molecular flexibility index (Phi) is 4.40. The molecule has 8 heteroatoms. The second kappa shape index (κ2) is 6.86. The smallest absolute Gasteiger partial charge is 0.242 e. The predicted octanol–water partition coefficient (Wildman–Crippen LogP) is 1.13. The lowest BCUT2D eigenvalue weighted by Crippen LogP contribution is -2.51. The number of aromatic nitrogens is 2. The Bertz CT molecular complexity index is 859. The first kappa shape index (κ1) is 16.7. The first-order chi connectivity index (χ1) is 12.6. The predicted molar refractivity (Wildman–Crippen MR) is 94.0 cm³/mol. The molecular formula is C18H20FN5O2. The normalized spacial score (nSPS) is 23.1. The maximum Gasteiger partial charge on any atom is 0.242 e. The third kappa shape index (κ3) is 3.18. The number of carbonyl (C=O) groups excluding carboxylic acids is 2. The van der Waals surface area contributed by atoms with Gasteiger partial charge in [0.25, 0.3) is 0 Å². The largest absolute Gasteiger partial charge is 0.354 e. The molecule has 136 valence electrons. The Balaban J connectivity index is 1.45. The maximum atomic E-state index is 13.9. The van der Waals surface area contributed by atoms with Crippen molar-refractivity contribution in [2.75, 3.05) is 18.0 Å². The van der Waals surface area contributed by atoms with Crippen molar-refractivity contribution in [1.29, 1.82) is 0 Å². The van der Waals surface area contributed by atoms with Crippen LogP contribution in [0.3, 0.4) is 0 Å². The first-order valence-corrected chi connectivity index (χ1v) is 8.86. The molecule has 2 aromatic rings. The highest BCUT2D eigenvalue weighted by molar-refractivity contribution is 5.90. The van der Waals surface area contributed by atoms with E-state index >= 15 is 0 Å². The molecule has 2 aliphatic rings. The average molecular weight is 357 g/mol. The summed E-state index contributed by atoms with van der Waals surface area (Å²) in [5, 5.41) is 6.42. The minimum Gasteiger partial charge on any atom is -0.354 e. The Hall–Kier alpha value is -2.77. The molecule has 2 amide bonds. The van der Waals surface area contributed by atoms with Crippen molar-refractivity contribution in [1.82, 2.24) is 20.6 Å². The summed E-state index contributed by atoms with van der Waals surface area (Å²) in [5.74, 6) is 0.0999. The molecular weight excluding hydrogens is 337 g/mol. The Morgan fingerprint density at radius 3 is 3.04 bits per heavy atom. The third-order valence-corrected chi connectivity index (χ3v) is 4.98. The van der Waals surface area contributed by atoms with E-state index in [1.807, 2.05) is 4.90 Å². The molecule has 4 rings (SSSR count). The average Bonchev–Trinajstić information content (AvgIpc) is 3.10. The maximum absolute atomic E-state index is 13.9. The molecule has 1 aromatic heterocycles. The summed E-state index contributed by atoms with van der Waals surface area (Å²) < 4.78 is 13.9. The number of benzene rings is 1. The molecule has 0 radical (unpaired) electrons. The molecule has 7 nitrogen and oxygen atoms in total. The van der Waals surface area contributed by atoms with Crippen molar-refractivity contribution in [3.8, 4) is 0 Å². The molecule has 2 saturated heterocycles. The summed E-state index contributed by atoms with van der Waals surface area (Å²) >= 11 is 0. The summed E-state index contributed by atoms with van der Waals surface area (Å²) in [4.78, 5) is 34.2. The molecule has 2 fully saturated rings. The van der Waals surface area contributed by atoms with Crippen LogP contribution < -0.4 is 15.5 Å². The van der Waals surface area contributed by atoms with Gasteiger partial charge in [0.05, 0.1) is 0 Å². The summed E-state index contributed by atoms with van der Waals surface area (Å²) in [7, 11) is 0. The van der Waals surface area contributed by atoms with E-state index in [2.05, 4.69) is 20.6 Å². The van der Waals surface area contributed by atoms with Crippen molar-refractivity contribution in [2.24, 2.45) is 0 Å². The highest BCUT2D eigenvalue weighted by Crippen LogP contribution is 2.27. The zero-order valence-electron chi connectivity index (χ0n) is 14.2. The second-order valence-corrected chi connectivity index (χ2v) is 6.79. The van der Waals surface area contributed by atoms with Crippen molar-refractivity contribution < 1.29 is 14.0 Å². The van der Waals surface area contributed by atoms with Crippen molar-refractivity contribution in [3.05, 3.63) is 30.3 Å². The fourth-order valence-corrected chi connectivity index (χ4v) is 3.66. The van der Waals surface area contributed by atoms with Gasteiger partial charge in [-0.25, -0.2) is 14.4 Å². The summed E-state index contributed by atoms with van der Waals surface area (Å²) in [5.41, 5.74) is 0.301. The molecule has 0 spiro atoms. The number of fused-ring (bicyclic) bond motifs is 1. The van der Waals surface area contributed by atoms with Crippen LogP contribution in [0.15, 0.2) is 24.5 Å². The molecule has 1 aromatic carbocycles. The van der Waals surface area contributed by atoms with Crippen molar-refractivity contribution in [3.63, 3.8) is 0 Å². The Morgan fingerprint density at radius 1 is 1.31 bits per heavy atom. The van der Waals surface area contributed by atoms with E-state index in [1.165, 1.54) is 12.4 Å². The first-order valence-electron chi connectivity index (χ1n) is 8.86. The van der Waals surface area contributed by atoms with Crippen LogP contribution >= 0.6 is 0 Å². The van der Waals surface area contributed by atoms with Gasteiger partial charge in [-0.15, -0.1) is 0 Å². The van der Waals surface area contributed by atoms with E-state index in [-0.39, 0.29) is 23.7 Å². The standard InChI is InChI=1S/C18H20FN5O2/c19-13-4-1-3-12-16(13)20-10-21-17(12)24-8-7-11(9-24)22-18(26)14-5-2-6-15(25)23-14/h1,3-4,10-11,14H,2,5-9H2,(H,22,26)(H,23,25)/t11-,14-/m1/s1. The van der Waals surface area contributed by atoms with Crippen LogP contribution in [0.4, 0.5) is 10.2 Å². The number of amides is 2. The molecule has 2 atom stereocenters. The molecule has 26 heavy (non-hydrogen) atoms. The summed E-state index contributed by atoms with van der Waals surface area (Å²) in [6.45, 7) is 1.31. The van der Waals surface area contributed by atoms with Crippen molar-refractivity contribution >= 4 is 28.5 Å². The van der Waals surface area contributed by atoms with E-state index in [4.69, 9.17) is 0 Å². The molecule has 2 N–H and O–H groups in total. The summed E-state index contributed by atoms with van der Waals surface area (Å²) in [6, 6.07) is 4.35. The van der Waals surface area contributed by atoms with Crippen LogP contribution in [-0.2, 0) is 9.59 Å². The van der Waals surface area contributed by atoms with E-state index in [9.17, 15) is 14.0 Å². The van der Waals surface area contributed by atoms with Gasteiger partial charge in [-0.3, -0.25) is 9.59 Å². The third-order valence-electron chi connectivity index (χ3n) is 4.98. The fourth-order valence-electron chi connectivity index (χ4n) is 3.66. The van der Waals surface area contributed by atoms with Gasteiger partial charge >= 0.3 is 0 Å². The van der Waals surface area contributed by atoms with E-state index < -0.39 is 6.04 Å². The van der Waals surface area contributed by atoms with Crippen LogP contribution in [0.1, 0.15) is 25.7 Å². The number of rotatable bonds is 3. The van der Waals surface area contributed by atoms with Gasteiger partial charge in [0.15, 0.2) is 0 Å². The van der Waals surface area contributed by atoms with Gasteiger partial charge in [0, 0.05) is 30.9 Å². The van der Waals surface area contributed by atoms with Crippen LogP contribution in [0.2, 0.25) is 0 Å². The molecule has 0 bridgehead atoms. The fraction of sp³-hybridized carbons (Fsp3) is 0.444. The number of nitrogens with zero attached hydrogens (tertiary/aromatic N) is 3. The minimum absolute atomic E-state index is 0.0279. The quantitative estimate of drug-likeness (QED) is 0.860. The lowest BCUT2D eigenvalue weighted by atomic mass is 10.0. The van der Waals surface area contributed by atoms with Gasteiger partial charge in [-0.1, -0.05) is 6.07 Å². The number of hydrogen-bond acceptors (Lipinski definition) is 5. The highest BCUT2D eigenvalue weighted by atomic mass is 19.1.